The number of nitrogens with zero attached hydrogens (tertiary/aromatic N) is 2. The molecule has 1 aromatic rings. The maximum Gasteiger partial charge on any atom is 0.107 e. The molecule has 4 heteroatoms. The van der Waals surface area contributed by atoms with Crippen molar-refractivity contribution in [3.8, 4) is 0 Å². The fourth-order valence-corrected chi connectivity index (χ4v) is 3.46. The summed E-state index contributed by atoms with van der Waals surface area (Å²) in [5.74, 6) is 0. The molecule has 0 aromatic carbocycles. The van der Waals surface area contributed by atoms with E-state index in [2.05, 4.69) is 48.3 Å². The molecule has 1 unspecified atom stereocenters. The van der Waals surface area contributed by atoms with E-state index in [-0.39, 0.29) is 5.54 Å². The molecule has 1 fully saturated rings. The molecular formula is C14H25N3S. The van der Waals surface area contributed by atoms with Gasteiger partial charge in [0.05, 0.1) is 6.54 Å². The lowest BCUT2D eigenvalue weighted by Crippen LogP contribution is -2.61. The van der Waals surface area contributed by atoms with Gasteiger partial charge in [-0.2, -0.15) is 0 Å². The van der Waals surface area contributed by atoms with Crippen molar-refractivity contribution >= 4 is 11.3 Å². The average molecular weight is 267 g/mol. The van der Waals surface area contributed by atoms with E-state index in [4.69, 9.17) is 0 Å². The Hall–Kier alpha value is -0.450. The van der Waals surface area contributed by atoms with Gasteiger partial charge in [0.1, 0.15) is 5.01 Å². The van der Waals surface area contributed by atoms with E-state index in [1.165, 1.54) is 17.8 Å². The Labute approximate surface area is 115 Å². The smallest absolute Gasteiger partial charge is 0.107 e. The molecule has 2 rings (SSSR count). The van der Waals surface area contributed by atoms with Crippen LogP contribution in [0.1, 0.15) is 44.3 Å². The molecule has 0 bridgehead atoms. The third kappa shape index (κ3) is 3.53. The molecule has 0 saturated carbocycles. The Kier molecular flexibility index (Phi) is 4.41. The van der Waals surface area contributed by atoms with Gasteiger partial charge < -0.3 is 5.32 Å². The predicted molar refractivity (Wildman–Crippen MR) is 78.0 cm³/mol. The molecule has 1 N–H and O–H groups in total. The third-order valence-electron chi connectivity index (χ3n) is 3.56. The van der Waals surface area contributed by atoms with Crippen molar-refractivity contribution in [3.63, 3.8) is 0 Å². The summed E-state index contributed by atoms with van der Waals surface area (Å²) in [6.07, 6.45) is 2.52. The van der Waals surface area contributed by atoms with Crippen LogP contribution in [0.5, 0.6) is 0 Å². The molecule has 1 aromatic heterocycles. The highest BCUT2D eigenvalue weighted by Crippen LogP contribution is 2.22. The minimum atomic E-state index is 0.219. The normalized spacial score (nSPS) is 24.3. The van der Waals surface area contributed by atoms with E-state index in [0.29, 0.717) is 6.04 Å². The second-order valence-electron chi connectivity index (χ2n) is 5.99. The first-order valence-corrected chi connectivity index (χ1v) is 7.78. The number of aromatic nitrogens is 1. The Morgan fingerprint density at radius 1 is 1.56 bits per heavy atom. The molecule has 0 spiro atoms. The third-order valence-corrected chi connectivity index (χ3v) is 4.51. The van der Waals surface area contributed by atoms with E-state index in [1.807, 2.05) is 0 Å². The largest absolute Gasteiger partial charge is 0.309 e. The van der Waals surface area contributed by atoms with Gasteiger partial charge in [-0.25, -0.2) is 4.98 Å². The minimum Gasteiger partial charge on any atom is -0.309 e. The molecule has 18 heavy (non-hydrogen) atoms. The predicted octanol–water partition coefficient (Wildman–Crippen LogP) is 2.80. The van der Waals surface area contributed by atoms with Crippen LogP contribution in [0.2, 0.25) is 0 Å². The second-order valence-corrected chi connectivity index (χ2v) is 6.94. The maximum absolute atomic E-state index is 4.60. The molecule has 1 atom stereocenters. The van der Waals surface area contributed by atoms with E-state index in [1.54, 1.807) is 11.3 Å². The Bertz CT molecular complexity index is 386. The van der Waals surface area contributed by atoms with E-state index in [0.717, 1.165) is 25.3 Å². The van der Waals surface area contributed by atoms with Crippen molar-refractivity contribution in [2.24, 2.45) is 0 Å². The second kappa shape index (κ2) is 5.68. The molecule has 0 aliphatic carbocycles. The summed E-state index contributed by atoms with van der Waals surface area (Å²) >= 11 is 1.79. The van der Waals surface area contributed by atoms with Crippen molar-refractivity contribution in [2.45, 2.75) is 58.7 Å². The zero-order chi connectivity index (χ0) is 13.2. The van der Waals surface area contributed by atoms with Gasteiger partial charge in [0.2, 0.25) is 0 Å². The molecule has 0 radical (unpaired) electrons. The van der Waals surface area contributed by atoms with Crippen molar-refractivity contribution in [1.82, 2.24) is 15.2 Å². The lowest BCUT2D eigenvalue weighted by atomic mass is 9.97. The molecule has 0 amide bonds. The lowest BCUT2D eigenvalue weighted by Gasteiger charge is -2.44. The van der Waals surface area contributed by atoms with Crippen LogP contribution in [-0.2, 0) is 6.54 Å². The molecule has 2 heterocycles. The first-order chi connectivity index (χ1) is 8.50. The summed E-state index contributed by atoms with van der Waals surface area (Å²) in [6.45, 7) is 12.1. The molecule has 3 nitrogen and oxygen atoms in total. The van der Waals surface area contributed by atoms with Crippen molar-refractivity contribution in [1.29, 1.82) is 0 Å². The van der Waals surface area contributed by atoms with Gasteiger partial charge in [-0.15, -0.1) is 11.3 Å². The van der Waals surface area contributed by atoms with Crippen LogP contribution in [0.25, 0.3) is 0 Å². The molecule has 1 saturated heterocycles. The van der Waals surface area contributed by atoms with Crippen LogP contribution in [0.4, 0.5) is 0 Å². The summed E-state index contributed by atoms with van der Waals surface area (Å²) < 4.78 is 0. The number of hydrogen-bond donors (Lipinski definition) is 1. The van der Waals surface area contributed by atoms with Crippen LogP contribution in [0.3, 0.4) is 0 Å². The van der Waals surface area contributed by atoms with Gasteiger partial charge in [0, 0.05) is 35.7 Å². The highest BCUT2D eigenvalue weighted by Gasteiger charge is 2.32. The van der Waals surface area contributed by atoms with Crippen molar-refractivity contribution in [2.75, 3.05) is 13.1 Å². The SMILES string of the molecule is CCCC1CNC(C)(C)CN1Cc1nc(C)cs1. The number of aryl methyl sites for hydroxylation is 1. The van der Waals surface area contributed by atoms with E-state index < -0.39 is 0 Å². The fraction of sp³-hybridized carbons (Fsp3) is 0.786. The van der Waals surface area contributed by atoms with Gasteiger partial charge in [-0.1, -0.05) is 13.3 Å². The van der Waals surface area contributed by atoms with Gasteiger partial charge in [-0.3, -0.25) is 4.90 Å². The highest BCUT2D eigenvalue weighted by molar-refractivity contribution is 7.09. The Balaban J connectivity index is 2.05. The molecule has 1 aliphatic heterocycles. The zero-order valence-corrected chi connectivity index (χ0v) is 12.8. The van der Waals surface area contributed by atoms with Crippen LogP contribution in [0.15, 0.2) is 5.38 Å². The Morgan fingerprint density at radius 3 is 2.94 bits per heavy atom. The number of piperazine rings is 1. The monoisotopic (exact) mass is 267 g/mol. The number of hydrogen-bond acceptors (Lipinski definition) is 4. The lowest BCUT2D eigenvalue weighted by molar-refractivity contribution is 0.0826. The highest BCUT2D eigenvalue weighted by atomic mass is 32.1. The summed E-state index contributed by atoms with van der Waals surface area (Å²) in [5, 5.41) is 7.06. The van der Waals surface area contributed by atoms with Crippen LogP contribution in [0, 0.1) is 6.92 Å². The average Bonchev–Trinajstić information content (AvgIpc) is 2.68. The summed E-state index contributed by atoms with van der Waals surface area (Å²) in [6, 6.07) is 0.659. The number of nitrogens with one attached hydrogen (secondary N) is 1. The van der Waals surface area contributed by atoms with Gasteiger partial charge in [0.25, 0.3) is 0 Å². The van der Waals surface area contributed by atoms with Gasteiger partial charge >= 0.3 is 0 Å². The van der Waals surface area contributed by atoms with Gasteiger partial charge in [-0.05, 0) is 27.2 Å². The standard InChI is InChI=1S/C14H25N3S/c1-5-6-12-7-15-14(3,4)10-17(12)8-13-16-11(2)9-18-13/h9,12,15H,5-8,10H2,1-4H3. The molecular weight excluding hydrogens is 242 g/mol. The van der Waals surface area contributed by atoms with Crippen molar-refractivity contribution in [3.05, 3.63) is 16.1 Å². The maximum atomic E-state index is 4.60. The van der Waals surface area contributed by atoms with Crippen molar-refractivity contribution < 1.29 is 0 Å². The van der Waals surface area contributed by atoms with Gasteiger partial charge in [0.15, 0.2) is 0 Å². The zero-order valence-electron chi connectivity index (χ0n) is 12.0. The quantitative estimate of drug-likeness (QED) is 0.909. The number of rotatable bonds is 4. The van der Waals surface area contributed by atoms with Crippen LogP contribution >= 0.6 is 11.3 Å². The topological polar surface area (TPSA) is 28.2 Å². The minimum absolute atomic E-state index is 0.219. The first kappa shape index (κ1) is 14.0. The summed E-state index contributed by atoms with van der Waals surface area (Å²) in [5.41, 5.74) is 1.37. The summed E-state index contributed by atoms with van der Waals surface area (Å²) in [7, 11) is 0. The van der Waals surface area contributed by atoms with Crippen LogP contribution < -0.4 is 5.32 Å². The molecule has 1 aliphatic rings. The summed E-state index contributed by atoms with van der Waals surface area (Å²) in [4.78, 5) is 7.21. The number of thiazole rings is 1. The van der Waals surface area contributed by atoms with Crippen LogP contribution in [-0.4, -0.2) is 34.6 Å². The first-order valence-electron chi connectivity index (χ1n) is 6.90. The fourth-order valence-electron chi connectivity index (χ4n) is 2.67. The van der Waals surface area contributed by atoms with E-state index in [9.17, 15) is 0 Å². The molecule has 102 valence electrons. The Morgan fingerprint density at radius 2 is 2.33 bits per heavy atom. The van der Waals surface area contributed by atoms with E-state index >= 15 is 0 Å².